The van der Waals surface area contributed by atoms with Gasteiger partial charge in [-0.1, -0.05) is 30.5 Å². The molecule has 0 amide bonds. The van der Waals surface area contributed by atoms with Crippen LogP contribution in [0, 0.1) is 13.8 Å². The molecule has 112 valence electrons. The molecule has 1 unspecified atom stereocenters. The van der Waals surface area contributed by atoms with Crippen molar-refractivity contribution in [2.45, 2.75) is 46.1 Å². The first-order valence-electron chi connectivity index (χ1n) is 7.09. The molecule has 1 atom stereocenters. The molecule has 0 radical (unpaired) electrons. The number of aromatic nitrogens is 4. The minimum absolute atomic E-state index is 0.0245. The van der Waals surface area contributed by atoms with Crippen LogP contribution in [0.5, 0.6) is 0 Å². The van der Waals surface area contributed by atoms with Crippen molar-refractivity contribution in [3.63, 3.8) is 0 Å². The summed E-state index contributed by atoms with van der Waals surface area (Å²) >= 11 is 0. The van der Waals surface area contributed by atoms with E-state index < -0.39 is 5.97 Å². The number of aryl methyl sites for hydroxylation is 2. The standard InChI is InChI=1S/C15H20N4O2/c1-4-5-13(9-14(20)21)19-15(16-17-18-19)12-7-10(2)6-11(3)8-12/h6-8,13H,4-5,9H2,1-3H3,(H,20,21). The summed E-state index contributed by atoms with van der Waals surface area (Å²) in [6.45, 7) is 6.06. The second-order valence-electron chi connectivity index (χ2n) is 5.36. The van der Waals surface area contributed by atoms with Gasteiger partial charge in [0, 0.05) is 5.56 Å². The minimum Gasteiger partial charge on any atom is -0.481 e. The van der Waals surface area contributed by atoms with Gasteiger partial charge in [-0.3, -0.25) is 4.79 Å². The lowest BCUT2D eigenvalue weighted by Crippen LogP contribution is -2.16. The molecule has 0 aliphatic carbocycles. The van der Waals surface area contributed by atoms with Crippen molar-refractivity contribution in [2.24, 2.45) is 0 Å². The zero-order valence-corrected chi connectivity index (χ0v) is 12.6. The van der Waals surface area contributed by atoms with Gasteiger partial charge in [-0.2, -0.15) is 0 Å². The number of rotatable bonds is 6. The highest BCUT2D eigenvalue weighted by molar-refractivity contribution is 5.67. The van der Waals surface area contributed by atoms with Crippen LogP contribution < -0.4 is 0 Å². The number of tetrazole rings is 1. The first-order chi connectivity index (χ1) is 10.0. The highest BCUT2D eigenvalue weighted by atomic mass is 16.4. The molecule has 1 heterocycles. The quantitative estimate of drug-likeness (QED) is 0.884. The molecule has 1 N–H and O–H groups in total. The lowest BCUT2D eigenvalue weighted by Gasteiger charge is -2.16. The van der Waals surface area contributed by atoms with Crippen LogP contribution in [-0.4, -0.2) is 31.3 Å². The highest BCUT2D eigenvalue weighted by Gasteiger charge is 2.20. The first kappa shape index (κ1) is 15.2. The Bertz CT molecular complexity index is 616. The Labute approximate surface area is 123 Å². The third kappa shape index (κ3) is 3.65. The van der Waals surface area contributed by atoms with Crippen molar-refractivity contribution in [1.82, 2.24) is 20.2 Å². The molecule has 6 heteroatoms. The molecule has 2 rings (SSSR count). The van der Waals surface area contributed by atoms with Gasteiger partial charge in [0.25, 0.3) is 0 Å². The second kappa shape index (κ2) is 6.47. The molecule has 1 aromatic carbocycles. The van der Waals surface area contributed by atoms with E-state index in [0.717, 1.165) is 29.5 Å². The maximum absolute atomic E-state index is 11.1. The highest BCUT2D eigenvalue weighted by Crippen LogP contribution is 2.25. The van der Waals surface area contributed by atoms with E-state index in [1.54, 1.807) is 4.68 Å². The van der Waals surface area contributed by atoms with Gasteiger partial charge >= 0.3 is 5.97 Å². The molecular weight excluding hydrogens is 268 g/mol. The normalized spacial score (nSPS) is 12.3. The molecule has 0 aliphatic rings. The number of benzene rings is 1. The van der Waals surface area contributed by atoms with Gasteiger partial charge in [0.15, 0.2) is 5.82 Å². The Balaban J connectivity index is 2.42. The summed E-state index contributed by atoms with van der Waals surface area (Å²) in [7, 11) is 0. The third-order valence-electron chi connectivity index (χ3n) is 3.35. The Hall–Kier alpha value is -2.24. The van der Waals surface area contributed by atoms with Crippen LogP contribution in [-0.2, 0) is 4.79 Å². The van der Waals surface area contributed by atoms with E-state index in [9.17, 15) is 4.79 Å². The average molecular weight is 288 g/mol. The number of carboxylic acids is 1. The van der Waals surface area contributed by atoms with Gasteiger partial charge in [0.1, 0.15) is 0 Å². The third-order valence-corrected chi connectivity index (χ3v) is 3.35. The van der Waals surface area contributed by atoms with Crippen LogP contribution in [0.1, 0.15) is 43.4 Å². The van der Waals surface area contributed by atoms with E-state index in [0.29, 0.717) is 5.82 Å². The SMILES string of the molecule is CCCC(CC(=O)O)n1nnnc1-c1cc(C)cc(C)c1. The largest absolute Gasteiger partial charge is 0.481 e. The number of carboxylic acid groups (broad SMARTS) is 1. The Morgan fingerprint density at radius 3 is 2.52 bits per heavy atom. The summed E-state index contributed by atoms with van der Waals surface area (Å²) in [5, 5.41) is 20.9. The monoisotopic (exact) mass is 288 g/mol. The fraction of sp³-hybridized carbons (Fsp3) is 0.467. The van der Waals surface area contributed by atoms with Crippen LogP contribution in [0.15, 0.2) is 18.2 Å². The Kier molecular flexibility index (Phi) is 4.67. The van der Waals surface area contributed by atoms with Crippen molar-refractivity contribution in [2.75, 3.05) is 0 Å². The lowest BCUT2D eigenvalue weighted by atomic mass is 10.1. The van der Waals surface area contributed by atoms with E-state index in [2.05, 4.69) is 21.6 Å². The van der Waals surface area contributed by atoms with Crippen LogP contribution in [0.2, 0.25) is 0 Å². The molecule has 0 aliphatic heterocycles. The van der Waals surface area contributed by atoms with Crippen molar-refractivity contribution < 1.29 is 9.90 Å². The predicted molar refractivity (Wildman–Crippen MR) is 78.9 cm³/mol. The molecule has 0 saturated heterocycles. The van der Waals surface area contributed by atoms with Gasteiger partial charge in [0.2, 0.25) is 0 Å². The van der Waals surface area contributed by atoms with Gasteiger partial charge < -0.3 is 5.11 Å². The number of hydrogen-bond donors (Lipinski definition) is 1. The van der Waals surface area contributed by atoms with Gasteiger partial charge in [-0.25, -0.2) is 4.68 Å². The average Bonchev–Trinajstić information content (AvgIpc) is 2.85. The number of aliphatic carboxylic acids is 1. The number of nitrogens with zero attached hydrogens (tertiary/aromatic N) is 4. The van der Waals surface area contributed by atoms with Crippen LogP contribution >= 0.6 is 0 Å². The molecule has 21 heavy (non-hydrogen) atoms. The van der Waals surface area contributed by atoms with Crippen LogP contribution in [0.3, 0.4) is 0 Å². The minimum atomic E-state index is -0.838. The zero-order chi connectivity index (χ0) is 15.4. The predicted octanol–water partition coefficient (Wildman–Crippen LogP) is 2.77. The van der Waals surface area contributed by atoms with E-state index in [4.69, 9.17) is 5.11 Å². The molecular formula is C15H20N4O2. The van der Waals surface area contributed by atoms with E-state index in [-0.39, 0.29) is 12.5 Å². The summed E-state index contributed by atoms with van der Waals surface area (Å²) in [6.07, 6.45) is 1.63. The van der Waals surface area contributed by atoms with Crippen molar-refractivity contribution in [3.8, 4) is 11.4 Å². The maximum atomic E-state index is 11.1. The fourth-order valence-electron chi connectivity index (χ4n) is 2.58. The Morgan fingerprint density at radius 2 is 1.95 bits per heavy atom. The summed E-state index contributed by atoms with van der Waals surface area (Å²) < 4.78 is 1.64. The molecule has 1 aromatic heterocycles. The van der Waals surface area contributed by atoms with Crippen LogP contribution in [0.25, 0.3) is 11.4 Å². The van der Waals surface area contributed by atoms with Gasteiger partial charge in [0.05, 0.1) is 12.5 Å². The second-order valence-corrected chi connectivity index (χ2v) is 5.36. The summed E-state index contributed by atoms with van der Waals surface area (Å²) in [4.78, 5) is 11.1. The van der Waals surface area contributed by atoms with Crippen molar-refractivity contribution >= 4 is 5.97 Å². The van der Waals surface area contributed by atoms with Gasteiger partial charge in [-0.05, 0) is 42.8 Å². The Morgan fingerprint density at radius 1 is 1.29 bits per heavy atom. The first-order valence-corrected chi connectivity index (χ1v) is 7.09. The fourth-order valence-corrected chi connectivity index (χ4v) is 2.58. The number of hydrogen-bond acceptors (Lipinski definition) is 4. The molecule has 0 spiro atoms. The zero-order valence-electron chi connectivity index (χ0n) is 12.6. The van der Waals surface area contributed by atoms with Crippen molar-refractivity contribution in [1.29, 1.82) is 0 Å². The topological polar surface area (TPSA) is 80.9 Å². The number of carbonyl (C=O) groups is 1. The van der Waals surface area contributed by atoms with Crippen molar-refractivity contribution in [3.05, 3.63) is 29.3 Å². The summed E-state index contributed by atoms with van der Waals surface area (Å²) in [5.74, 6) is -0.211. The summed E-state index contributed by atoms with van der Waals surface area (Å²) in [5.41, 5.74) is 3.18. The molecule has 6 nitrogen and oxygen atoms in total. The molecule has 0 saturated carbocycles. The molecule has 0 fully saturated rings. The smallest absolute Gasteiger partial charge is 0.305 e. The molecule has 2 aromatic rings. The van der Waals surface area contributed by atoms with E-state index in [1.165, 1.54) is 0 Å². The van der Waals surface area contributed by atoms with Gasteiger partial charge in [-0.15, -0.1) is 5.10 Å². The summed E-state index contributed by atoms with van der Waals surface area (Å²) in [6, 6.07) is 5.88. The molecule has 0 bridgehead atoms. The van der Waals surface area contributed by atoms with E-state index >= 15 is 0 Å². The van der Waals surface area contributed by atoms with Crippen LogP contribution in [0.4, 0.5) is 0 Å². The lowest BCUT2D eigenvalue weighted by molar-refractivity contribution is -0.138. The van der Waals surface area contributed by atoms with E-state index in [1.807, 2.05) is 32.9 Å². The maximum Gasteiger partial charge on any atom is 0.305 e.